The Kier molecular flexibility index (Phi) is 4.98. The van der Waals surface area contributed by atoms with E-state index in [9.17, 15) is 8.42 Å². The molecule has 1 aromatic heterocycles. The molecule has 0 bridgehead atoms. The fourth-order valence-corrected chi connectivity index (χ4v) is 3.84. The molecule has 0 unspecified atom stereocenters. The van der Waals surface area contributed by atoms with Crippen molar-refractivity contribution >= 4 is 48.9 Å². The number of fused-ring (bicyclic) bond motifs is 2. The van der Waals surface area contributed by atoms with Gasteiger partial charge in [-0.15, -0.1) is 0 Å². The van der Waals surface area contributed by atoms with Crippen molar-refractivity contribution in [1.29, 1.82) is 0 Å². The third kappa shape index (κ3) is 4.09. The number of ether oxygens (including phenoxy) is 1. The van der Waals surface area contributed by atoms with E-state index in [2.05, 4.69) is 10.0 Å². The number of para-hydroxylation sites is 2. The first kappa shape index (κ1) is 19.0. The molecule has 0 radical (unpaired) electrons. The van der Waals surface area contributed by atoms with Gasteiger partial charge in [-0.3, -0.25) is 4.72 Å². The first-order chi connectivity index (χ1) is 13.9. The van der Waals surface area contributed by atoms with Gasteiger partial charge in [-0.1, -0.05) is 36.4 Å². The van der Waals surface area contributed by atoms with Gasteiger partial charge in [0.15, 0.2) is 0 Å². The highest BCUT2D eigenvalue weighted by molar-refractivity contribution is 7.92. The van der Waals surface area contributed by atoms with Crippen LogP contribution in [0.4, 0.5) is 17.1 Å². The summed E-state index contributed by atoms with van der Waals surface area (Å²) in [6.07, 6.45) is 1.12. The molecule has 6 nitrogen and oxygen atoms in total. The van der Waals surface area contributed by atoms with Gasteiger partial charge in [-0.25, -0.2) is 13.4 Å². The Morgan fingerprint density at radius 2 is 1.55 bits per heavy atom. The highest BCUT2D eigenvalue weighted by atomic mass is 32.2. The topological polar surface area (TPSA) is 80.3 Å². The van der Waals surface area contributed by atoms with Crippen LogP contribution in [0.2, 0.25) is 0 Å². The lowest BCUT2D eigenvalue weighted by Gasteiger charge is -2.17. The van der Waals surface area contributed by atoms with Crippen molar-refractivity contribution in [3.05, 3.63) is 66.7 Å². The van der Waals surface area contributed by atoms with E-state index in [1.807, 2.05) is 61.5 Å². The lowest BCUT2D eigenvalue weighted by atomic mass is 10.1. The SMILES string of the molecule is CCOc1cc(NS(C)(=O)=O)ccc1Nc1c2ccccc2nc2ccccc12. The molecule has 0 saturated carbocycles. The molecule has 3 aromatic carbocycles. The summed E-state index contributed by atoms with van der Waals surface area (Å²) < 4.78 is 31.4. The Labute approximate surface area is 169 Å². The average molecular weight is 407 g/mol. The van der Waals surface area contributed by atoms with Gasteiger partial charge >= 0.3 is 0 Å². The monoisotopic (exact) mass is 407 g/mol. The zero-order valence-electron chi connectivity index (χ0n) is 16.1. The zero-order chi connectivity index (χ0) is 20.4. The molecular formula is C22H21N3O3S. The number of hydrogen-bond acceptors (Lipinski definition) is 5. The second kappa shape index (κ2) is 7.60. The molecule has 29 heavy (non-hydrogen) atoms. The van der Waals surface area contributed by atoms with Crippen molar-refractivity contribution in [1.82, 2.24) is 4.98 Å². The van der Waals surface area contributed by atoms with E-state index in [1.54, 1.807) is 12.1 Å². The molecule has 7 heteroatoms. The van der Waals surface area contributed by atoms with Crippen LogP contribution in [0.5, 0.6) is 5.75 Å². The molecule has 0 aliphatic heterocycles. The number of benzene rings is 3. The molecule has 0 fully saturated rings. The third-order valence-corrected chi connectivity index (χ3v) is 5.04. The van der Waals surface area contributed by atoms with E-state index in [0.29, 0.717) is 18.0 Å². The smallest absolute Gasteiger partial charge is 0.229 e. The summed E-state index contributed by atoms with van der Waals surface area (Å²) in [7, 11) is -3.37. The summed E-state index contributed by atoms with van der Waals surface area (Å²) in [5.41, 5.74) is 3.90. The molecule has 0 amide bonds. The van der Waals surface area contributed by atoms with E-state index in [4.69, 9.17) is 9.72 Å². The molecule has 0 atom stereocenters. The average Bonchev–Trinajstić information content (AvgIpc) is 2.68. The molecule has 0 spiro atoms. The molecule has 1 heterocycles. The van der Waals surface area contributed by atoms with Crippen LogP contribution < -0.4 is 14.8 Å². The van der Waals surface area contributed by atoms with Crippen molar-refractivity contribution in [3.63, 3.8) is 0 Å². The van der Waals surface area contributed by atoms with Gasteiger partial charge < -0.3 is 10.1 Å². The second-order valence-corrected chi connectivity index (χ2v) is 8.41. The van der Waals surface area contributed by atoms with Crippen LogP contribution in [0.15, 0.2) is 66.7 Å². The summed E-state index contributed by atoms with van der Waals surface area (Å²) in [4.78, 5) is 4.75. The lowest BCUT2D eigenvalue weighted by Crippen LogP contribution is -2.10. The number of hydrogen-bond donors (Lipinski definition) is 2. The number of pyridine rings is 1. The Bertz CT molecular complexity index is 1250. The number of aromatic nitrogens is 1. The highest BCUT2D eigenvalue weighted by Gasteiger charge is 2.13. The predicted octanol–water partition coefficient (Wildman–Crippen LogP) is 4.90. The maximum atomic E-state index is 11.6. The van der Waals surface area contributed by atoms with E-state index < -0.39 is 10.0 Å². The van der Waals surface area contributed by atoms with Crippen LogP contribution in [0, 0.1) is 0 Å². The van der Waals surface area contributed by atoms with Crippen LogP contribution in [0.25, 0.3) is 21.8 Å². The van der Waals surface area contributed by atoms with Crippen LogP contribution in [0.1, 0.15) is 6.92 Å². The largest absolute Gasteiger partial charge is 0.492 e. The van der Waals surface area contributed by atoms with Crippen molar-refractivity contribution in [2.45, 2.75) is 6.92 Å². The number of sulfonamides is 1. The number of nitrogens with one attached hydrogen (secondary N) is 2. The Morgan fingerprint density at radius 3 is 2.14 bits per heavy atom. The maximum absolute atomic E-state index is 11.6. The molecule has 0 saturated heterocycles. The number of nitrogens with zero attached hydrogens (tertiary/aromatic N) is 1. The summed E-state index contributed by atoms with van der Waals surface area (Å²) in [6, 6.07) is 21.1. The van der Waals surface area contributed by atoms with Gasteiger partial charge in [0.1, 0.15) is 5.75 Å². The van der Waals surface area contributed by atoms with Gasteiger partial charge in [0, 0.05) is 16.8 Å². The molecule has 4 rings (SSSR count). The summed E-state index contributed by atoms with van der Waals surface area (Å²) in [5, 5.41) is 5.48. The Balaban J connectivity index is 1.85. The molecule has 2 N–H and O–H groups in total. The van der Waals surface area contributed by atoms with Crippen molar-refractivity contribution in [2.75, 3.05) is 22.9 Å². The molecule has 0 aliphatic carbocycles. The van der Waals surface area contributed by atoms with Crippen LogP contribution in [-0.2, 0) is 10.0 Å². The summed E-state index contributed by atoms with van der Waals surface area (Å²) >= 11 is 0. The van der Waals surface area contributed by atoms with E-state index in [1.165, 1.54) is 0 Å². The summed E-state index contributed by atoms with van der Waals surface area (Å²) in [6.45, 7) is 2.34. The fraction of sp³-hybridized carbons (Fsp3) is 0.136. The minimum Gasteiger partial charge on any atom is -0.492 e. The minimum atomic E-state index is -3.37. The van der Waals surface area contributed by atoms with Crippen LogP contribution in [0.3, 0.4) is 0 Å². The van der Waals surface area contributed by atoms with E-state index >= 15 is 0 Å². The fourth-order valence-electron chi connectivity index (χ4n) is 3.29. The van der Waals surface area contributed by atoms with Crippen LogP contribution >= 0.6 is 0 Å². The predicted molar refractivity (Wildman–Crippen MR) is 119 cm³/mol. The van der Waals surface area contributed by atoms with E-state index in [0.717, 1.165) is 39.4 Å². The molecule has 4 aromatic rings. The quantitative estimate of drug-likeness (QED) is 0.444. The first-order valence-corrected chi connectivity index (χ1v) is 11.1. The van der Waals surface area contributed by atoms with Crippen molar-refractivity contribution in [3.8, 4) is 5.75 Å². The first-order valence-electron chi connectivity index (χ1n) is 9.24. The van der Waals surface area contributed by atoms with Gasteiger partial charge in [0.2, 0.25) is 10.0 Å². The molecule has 0 aliphatic rings. The van der Waals surface area contributed by atoms with Gasteiger partial charge in [0.05, 0.1) is 41.0 Å². The third-order valence-electron chi connectivity index (χ3n) is 4.43. The number of anilines is 3. The minimum absolute atomic E-state index is 0.450. The highest BCUT2D eigenvalue weighted by Crippen LogP contribution is 2.37. The van der Waals surface area contributed by atoms with Crippen molar-refractivity contribution < 1.29 is 13.2 Å². The van der Waals surface area contributed by atoms with E-state index in [-0.39, 0.29) is 0 Å². The standard InChI is InChI=1S/C22H21N3O3S/c1-3-28-21-14-15(25-29(2,26)27)12-13-20(21)24-22-16-8-4-6-10-18(16)23-19-11-7-5-9-17(19)22/h4-14,25H,3H2,1-2H3,(H,23,24). The lowest BCUT2D eigenvalue weighted by molar-refractivity contribution is 0.342. The normalized spacial score (nSPS) is 11.5. The Morgan fingerprint density at radius 1 is 0.931 bits per heavy atom. The van der Waals surface area contributed by atoms with Crippen molar-refractivity contribution in [2.24, 2.45) is 0 Å². The second-order valence-electron chi connectivity index (χ2n) is 6.66. The number of rotatable bonds is 6. The van der Waals surface area contributed by atoms with Gasteiger partial charge in [0.25, 0.3) is 0 Å². The molecular weight excluding hydrogens is 386 g/mol. The summed E-state index contributed by atoms with van der Waals surface area (Å²) in [5.74, 6) is 0.561. The maximum Gasteiger partial charge on any atom is 0.229 e. The van der Waals surface area contributed by atoms with Gasteiger partial charge in [-0.2, -0.15) is 0 Å². The zero-order valence-corrected chi connectivity index (χ0v) is 17.0. The van der Waals surface area contributed by atoms with Gasteiger partial charge in [-0.05, 0) is 31.2 Å². The van der Waals surface area contributed by atoms with Crippen LogP contribution in [-0.4, -0.2) is 26.3 Å². The molecule has 148 valence electrons. The Hall–Kier alpha value is -3.32.